The van der Waals surface area contributed by atoms with Gasteiger partial charge in [0.2, 0.25) is 0 Å². The lowest BCUT2D eigenvalue weighted by Crippen LogP contribution is -2.39. The molecule has 0 amide bonds. The third-order valence-corrected chi connectivity index (χ3v) is 2.32. The summed E-state index contributed by atoms with van der Waals surface area (Å²) in [6, 6.07) is -1.03. The van der Waals surface area contributed by atoms with Crippen LogP contribution < -0.4 is 5.73 Å². The number of carbonyl (C=O) groups is 1. The van der Waals surface area contributed by atoms with Gasteiger partial charge in [-0.3, -0.25) is 9.36 Å². The first-order valence-corrected chi connectivity index (χ1v) is 6.58. The van der Waals surface area contributed by atoms with Gasteiger partial charge in [0.15, 0.2) is 7.37 Å². The van der Waals surface area contributed by atoms with E-state index in [4.69, 9.17) is 15.4 Å². The van der Waals surface area contributed by atoms with Crippen molar-refractivity contribution in [3.05, 3.63) is 0 Å². The van der Waals surface area contributed by atoms with Crippen LogP contribution in [0.4, 0.5) is 0 Å². The van der Waals surface area contributed by atoms with E-state index in [2.05, 4.69) is 0 Å². The maximum Gasteiger partial charge on any atom is 0.324 e. The lowest BCUT2D eigenvalue weighted by Gasteiger charge is -2.22. The molecule has 14 heavy (non-hydrogen) atoms. The average Bonchev–Trinajstić information content (AvgIpc) is 1.78. The molecule has 2 unspecified atom stereocenters. The average molecular weight is 223 g/mol. The van der Waals surface area contributed by atoms with Gasteiger partial charge in [0.1, 0.15) is 11.6 Å². The van der Waals surface area contributed by atoms with Crippen LogP contribution in [0.15, 0.2) is 0 Å². The van der Waals surface area contributed by atoms with Crippen molar-refractivity contribution in [2.75, 3.05) is 12.8 Å². The van der Waals surface area contributed by atoms with Crippen molar-refractivity contribution in [2.24, 2.45) is 5.73 Å². The second-order valence-corrected chi connectivity index (χ2v) is 6.84. The molecule has 0 spiro atoms. The van der Waals surface area contributed by atoms with E-state index in [1.54, 1.807) is 20.8 Å². The molecule has 0 saturated heterocycles. The second kappa shape index (κ2) is 4.43. The Bertz CT molecular complexity index is 253. The Morgan fingerprint density at radius 2 is 2.00 bits per heavy atom. The molecule has 0 saturated carbocycles. The van der Waals surface area contributed by atoms with Gasteiger partial charge in [-0.15, -0.1) is 0 Å². The Hall–Kier alpha value is -0.380. The Morgan fingerprint density at radius 3 is 2.29 bits per heavy atom. The number of ether oxygens (including phenoxy) is 1. The standard InChI is InChI=1S/C8H18NO4P/c1-8(2,3)13-7(10)6(9)5-14(4,11)12/h6H,5,9H2,1-4H3,(H,11,12). The molecule has 0 aliphatic rings. The van der Waals surface area contributed by atoms with Gasteiger partial charge >= 0.3 is 5.97 Å². The zero-order valence-electron chi connectivity index (χ0n) is 8.98. The number of esters is 1. The molecule has 0 aliphatic heterocycles. The summed E-state index contributed by atoms with van der Waals surface area (Å²) in [5.41, 5.74) is 4.78. The predicted molar refractivity (Wildman–Crippen MR) is 54.4 cm³/mol. The summed E-state index contributed by atoms with van der Waals surface area (Å²) in [4.78, 5) is 20.3. The van der Waals surface area contributed by atoms with Gasteiger partial charge in [-0.05, 0) is 20.8 Å². The number of rotatable bonds is 3. The minimum absolute atomic E-state index is 0.248. The van der Waals surface area contributed by atoms with Gasteiger partial charge in [-0.1, -0.05) is 0 Å². The van der Waals surface area contributed by atoms with Gasteiger partial charge in [-0.2, -0.15) is 0 Å². The summed E-state index contributed by atoms with van der Waals surface area (Å²) in [7, 11) is -3.27. The normalized spacial score (nSPS) is 18.4. The first-order chi connectivity index (χ1) is 6.01. The Balaban J connectivity index is 4.21. The van der Waals surface area contributed by atoms with Crippen LogP contribution in [-0.2, 0) is 14.1 Å². The van der Waals surface area contributed by atoms with Crippen LogP contribution in [0.5, 0.6) is 0 Å². The first kappa shape index (κ1) is 13.6. The molecule has 0 aromatic carbocycles. The third-order valence-electron chi connectivity index (χ3n) is 1.24. The molecule has 0 heterocycles. The predicted octanol–water partition coefficient (Wildman–Crippen LogP) is 0.556. The van der Waals surface area contributed by atoms with Crippen LogP contribution >= 0.6 is 7.37 Å². The zero-order chi connectivity index (χ0) is 11.6. The molecule has 0 rings (SSSR count). The summed E-state index contributed by atoms with van der Waals surface area (Å²) in [5, 5.41) is 0. The van der Waals surface area contributed by atoms with Crippen LogP contribution in [0, 0.1) is 0 Å². The van der Waals surface area contributed by atoms with Crippen molar-refractivity contribution < 1.29 is 19.0 Å². The molecule has 0 aromatic heterocycles. The van der Waals surface area contributed by atoms with Crippen LogP contribution in [0.1, 0.15) is 20.8 Å². The number of hydrogen-bond donors (Lipinski definition) is 2. The van der Waals surface area contributed by atoms with Crippen molar-refractivity contribution in [2.45, 2.75) is 32.4 Å². The van der Waals surface area contributed by atoms with Crippen LogP contribution in [0.3, 0.4) is 0 Å². The number of nitrogens with two attached hydrogens (primary N) is 1. The maximum atomic E-state index is 11.3. The van der Waals surface area contributed by atoms with Gasteiger partial charge in [-0.25, -0.2) is 0 Å². The van der Waals surface area contributed by atoms with Crippen molar-refractivity contribution in [3.8, 4) is 0 Å². The van der Waals surface area contributed by atoms with Crippen LogP contribution in [0.2, 0.25) is 0 Å². The lowest BCUT2D eigenvalue weighted by molar-refractivity contribution is -0.155. The monoisotopic (exact) mass is 223 g/mol. The van der Waals surface area contributed by atoms with Crippen molar-refractivity contribution in [1.29, 1.82) is 0 Å². The molecular formula is C8H18NO4P. The van der Waals surface area contributed by atoms with Gasteiger partial charge in [0, 0.05) is 6.66 Å². The molecule has 6 heteroatoms. The number of hydrogen-bond acceptors (Lipinski definition) is 4. The summed E-state index contributed by atoms with van der Waals surface area (Å²) in [5.74, 6) is -0.645. The molecule has 0 fully saturated rings. The molecule has 0 aromatic rings. The summed E-state index contributed by atoms with van der Waals surface area (Å²) in [6.07, 6.45) is -0.248. The van der Waals surface area contributed by atoms with E-state index < -0.39 is 25.0 Å². The quantitative estimate of drug-likeness (QED) is 0.539. The Labute approximate surface area is 84.1 Å². The highest BCUT2D eigenvalue weighted by Gasteiger charge is 2.26. The van der Waals surface area contributed by atoms with Gasteiger partial charge < -0.3 is 15.4 Å². The molecule has 3 N–H and O–H groups in total. The van der Waals surface area contributed by atoms with Gasteiger partial charge in [0.05, 0.1) is 6.16 Å². The van der Waals surface area contributed by atoms with Crippen LogP contribution in [-0.4, -0.2) is 35.3 Å². The second-order valence-electron chi connectivity index (χ2n) is 4.37. The fourth-order valence-corrected chi connectivity index (χ4v) is 1.70. The molecule has 0 radical (unpaired) electrons. The van der Waals surface area contributed by atoms with E-state index in [1.165, 1.54) is 0 Å². The smallest absolute Gasteiger partial charge is 0.324 e. The molecule has 0 aliphatic carbocycles. The van der Waals surface area contributed by atoms with Crippen molar-refractivity contribution >= 4 is 13.3 Å². The SMILES string of the molecule is CC(C)(C)OC(=O)C(N)CP(C)(=O)O. The number of carbonyl (C=O) groups excluding carboxylic acids is 1. The minimum atomic E-state index is -3.27. The topological polar surface area (TPSA) is 89.6 Å². The molecule has 5 nitrogen and oxygen atoms in total. The van der Waals surface area contributed by atoms with E-state index in [0.29, 0.717) is 0 Å². The molecule has 2 atom stereocenters. The summed E-state index contributed by atoms with van der Waals surface area (Å²) < 4.78 is 15.9. The molecular weight excluding hydrogens is 205 g/mol. The largest absolute Gasteiger partial charge is 0.459 e. The highest BCUT2D eigenvalue weighted by molar-refractivity contribution is 7.57. The fourth-order valence-electron chi connectivity index (χ4n) is 0.817. The molecule has 84 valence electrons. The van der Waals surface area contributed by atoms with E-state index in [1.807, 2.05) is 0 Å². The Morgan fingerprint density at radius 1 is 1.57 bits per heavy atom. The van der Waals surface area contributed by atoms with Crippen molar-refractivity contribution in [3.63, 3.8) is 0 Å². The first-order valence-electron chi connectivity index (χ1n) is 4.29. The lowest BCUT2D eigenvalue weighted by atomic mass is 10.2. The van der Waals surface area contributed by atoms with E-state index in [9.17, 15) is 9.36 Å². The van der Waals surface area contributed by atoms with Crippen molar-refractivity contribution in [1.82, 2.24) is 0 Å². The van der Waals surface area contributed by atoms with Crippen LogP contribution in [0.25, 0.3) is 0 Å². The summed E-state index contributed by atoms with van der Waals surface area (Å²) in [6.45, 7) is 6.30. The van der Waals surface area contributed by atoms with E-state index >= 15 is 0 Å². The summed E-state index contributed by atoms with van der Waals surface area (Å²) >= 11 is 0. The third kappa shape index (κ3) is 7.06. The maximum absolute atomic E-state index is 11.3. The van der Waals surface area contributed by atoms with E-state index in [-0.39, 0.29) is 6.16 Å². The fraction of sp³-hybridized carbons (Fsp3) is 0.875. The molecule has 0 bridgehead atoms. The highest BCUT2D eigenvalue weighted by Crippen LogP contribution is 2.35. The highest BCUT2D eigenvalue weighted by atomic mass is 31.2. The Kier molecular flexibility index (Phi) is 4.31. The minimum Gasteiger partial charge on any atom is -0.459 e. The zero-order valence-corrected chi connectivity index (χ0v) is 9.88. The van der Waals surface area contributed by atoms with Gasteiger partial charge in [0.25, 0.3) is 0 Å². The van der Waals surface area contributed by atoms with E-state index in [0.717, 1.165) is 6.66 Å².